The zero-order chi connectivity index (χ0) is 26.7. The minimum atomic E-state index is -0.665. The number of carbonyl (C=O) groups excluding carboxylic acids is 1. The molecule has 2 fully saturated rings. The third-order valence-corrected chi connectivity index (χ3v) is 9.58. The average Bonchev–Trinajstić information content (AvgIpc) is 3.57. The van der Waals surface area contributed by atoms with E-state index in [2.05, 4.69) is 21.7 Å². The van der Waals surface area contributed by atoms with Crippen LogP contribution in [0.15, 0.2) is 59.3 Å². The largest absolute Gasteiger partial charge is 0.390 e. The number of benzene rings is 2. The number of likely N-dealkylation sites (tertiary alicyclic amines) is 2. The summed E-state index contributed by atoms with van der Waals surface area (Å²) in [6.07, 6.45) is 3.81. The SMILES string of the molecule is O=C(c1ccc(Cl)c(Cl)c1)N1CC(CN2CCC(O)(CCCc3cccc(F)c3)CC2)[C@H](c2ccsc2)C1. The van der Waals surface area contributed by atoms with Crippen LogP contribution in [0.25, 0.3) is 0 Å². The topological polar surface area (TPSA) is 43.8 Å². The number of carbonyl (C=O) groups is 1. The molecule has 0 spiro atoms. The van der Waals surface area contributed by atoms with Gasteiger partial charge >= 0.3 is 0 Å². The van der Waals surface area contributed by atoms with E-state index < -0.39 is 5.60 Å². The van der Waals surface area contributed by atoms with Gasteiger partial charge < -0.3 is 14.9 Å². The maximum atomic E-state index is 13.5. The van der Waals surface area contributed by atoms with Crippen LogP contribution in [0.5, 0.6) is 0 Å². The van der Waals surface area contributed by atoms with E-state index in [1.54, 1.807) is 41.7 Å². The zero-order valence-corrected chi connectivity index (χ0v) is 23.6. The Hall–Kier alpha value is -1.96. The lowest BCUT2D eigenvalue weighted by Gasteiger charge is -2.39. The Labute approximate surface area is 238 Å². The average molecular weight is 576 g/mol. The molecule has 1 unspecified atom stereocenters. The summed E-state index contributed by atoms with van der Waals surface area (Å²) in [5.74, 6) is 0.368. The van der Waals surface area contributed by atoms with Crippen molar-refractivity contribution in [3.63, 3.8) is 0 Å². The highest BCUT2D eigenvalue weighted by atomic mass is 35.5. The molecule has 2 aromatic carbocycles. The monoisotopic (exact) mass is 574 g/mol. The Morgan fingerprint density at radius 3 is 2.61 bits per heavy atom. The lowest BCUT2D eigenvalue weighted by molar-refractivity contribution is -0.0315. The Kier molecular flexibility index (Phi) is 8.75. The summed E-state index contributed by atoms with van der Waals surface area (Å²) in [4.78, 5) is 17.7. The minimum Gasteiger partial charge on any atom is -0.390 e. The molecule has 8 heteroatoms. The second-order valence-corrected chi connectivity index (χ2v) is 12.4. The first-order valence-electron chi connectivity index (χ1n) is 13.3. The molecule has 2 saturated heterocycles. The zero-order valence-electron chi connectivity index (χ0n) is 21.3. The maximum absolute atomic E-state index is 13.5. The van der Waals surface area contributed by atoms with Gasteiger partial charge in [-0.3, -0.25) is 4.79 Å². The molecule has 0 saturated carbocycles. The summed E-state index contributed by atoms with van der Waals surface area (Å²) in [6.45, 7) is 3.94. The number of thiophene rings is 1. The first-order chi connectivity index (χ1) is 18.3. The third kappa shape index (κ3) is 6.60. The van der Waals surface area contributed by atoms with Gasteiger partial charge in [0.2, 0.25) is 0 Å². The molecule has 3 heterocycles. The number of aryl methyl sites for hydroxylation is 1. The normalized spacial score (nSPS) is 21.6. The molecule has 202 valence electrons. The molecular formula is C30H33Cl2FN2O2S. The predicted octanol–water partition coefficient (Wildman–Crippen LogP) is 6.90. The molecule has 1 amide bonds. The quantitative estimate of drug-likeness (QED) is 0.318. The fraction of sp³-hybridized carbons (Fsp3) is 0.433. The summed E-state index contributed by atoms with van der Waals surface area (Å²) in [5.41, 5.74) is 2.16. The van der Waals surface area contributed by atoms with Gasteiger partial charge in [-0.25, -0.2) is 4.39 Å². The molecule has 2 aliphatic rings. The highest BCUT2D eigenvalue weighted by molar-refractivity contribution is 7.08. The van der Waals surface area contributed by atoms with Crippen LogP contribution in [0.2, 0.25) is 10.0 Å². The van der Waals surface area contributed by atoms with Crippen molar-refractivity contribution in [1.82, 2.24) is 9.80 Å². The van der Waals surface area contributed by atoms with Gasteiger partial charge in [-0.2, -0.15) is 11.3 Å². The van der Waals surface area contributed by atoms with Crippen LogP contribution in [-0.2, 0) is 6.42 Å². The summed E-state index contributed by atoms with van der Waals surface area (Å²) < 4.78 is 13.5. The van der Waals surface area contributed by atoms with Gasteiger partial charge in [-0.15, -0.1) is 0 Å². The smallest absolute Gasteiger partial charge is 0.253 e. The summed E-state index contributed by atoms with van der Waals surface area (Å²) in [6, 6.07) is 14.0. The van der Waals surface area contributed by atoms with Crippen LogP contribution in [0.3, 0.4) is 0 Å². The molecule has 4 nitrogen and oxygen atoms in total. The Bertz CT molecular complexity index is 1250. The molecule has 3 aromatic rings. The summed E-state index contributed by atoms with van der Waals surface area (Å²) in [7, 11) is 0. The van der Waals surface area contributed by atoms with Gasteiger partial charge in [0.15, 0.2) is 0 Å². The van der Waals surface area contributed by atoms with Crippen molar-refractivity contribution in [1.29, 1.82) is 0 Å². The van der Waals surface area contributed by atoms with Crippen LogP contribution >= 0.6 is 34.5 Å². The van der Waals surface area contributed by atoms with E-state index in [1.807, 2.05) is 11.0 Å². The number of halogens is 3. The fourth-order valence-corrected chi connectivity index (χ4v) is 6.97. The Morgan fingerprint density at radius 1 is 1.08 bits per heavy atom. The van der Waals surface area contributed by atoms with E-state index in [4.69, 9.17) is 23.2 Å². The fourth-order valence-electron chi connectivity index (χ4n) is 5.94. The first kappa shape index (κ1) is 27.6. The van der Waals surface area contributed by atoms with E-state index in [0.717, 1.165) is 57.3 Å². The van der Waals surface area contributed by atoms with Gasteiger partial charge in [0.1, 0.15) is 5.82 Å². The highest BCUT2D eigenvalue weighted by Crippen LogP contribution is 2.37. The van der Waals surface area contributed by atoms with Crippen molar-refractivity contribution in [3.8, 4) is 0 Å². The summed E-state index contributed by atoms with van der Waals surface area (Å²) >= 11 is 13.9. The number of nitrogens with zero attached hydrogens (tertiary/aromatic N) is 2. The Morgan fingerprint density at radius 2 is 1.89 bits per heavy atom. The molecule has 1 aromatic heterocycles. The molecule has 5 rings (SSSR count). The standard InChI is InChI=1S/C30H33Cl2FN2O2S/c31-27-7-6-22(16-28(27)32)29(36)35-18-24(26(19-35)23-8-14-38-20-23)17-34-12-10-30(37,11-13-34)9-2-4-21-3-1-5-25(33)15-21/h1,3,5-8,14-16,20,24,26,37H,2,4,9-13,17-19H2/t24?,26-/m0/s1. The number of piperidine rings is 1. The van der Waals surface area contributed by atoms with Crippen LogP contribution in [0.4, 0.5) is 4.39 Å². The van der Waals surface area contributed by atoms with Gasteiger partial charge in [0.25, 0.3) is 5.91 Å². The third-order valence-electron chi connectivity index (χ3n) is 8.14. The maximum Gasteiger partial charge on any atom is 0.253 e. The van der Waals surface area contributed by atoms with Crippen molar-refractivity contribution in [3.05, 3.63) is 91.8 Å². The van der Waals surface area contributed by atoms with Crippen LogP contribution in [0.1, 0.15) is 53.1 Å². The number of hydrogen-bond acceptors (Lipinski definition) is 4. The second kappa shape index (κ2) is 12.1. The van der Waals surface area contributed by atoms with Crippen molar-refractivity contribution in [2.24, 2.45) is 5.92 Å². The van der Waals surface area contributed by atoms with Crippen LogP contribution in [0, 0.1) is 11.7 Å². The number of aliphatic hydroxyl groups is 1. The lowest BCUT2D eigenvalue weighted by Crippen LogP contribution is -2.46. The van der Waals surface area contributed by atoms with Crippen molar-refractivity contribution < 1.29 is 14.3 Å². The highest BCUT2D eigenvalue weighted by Gasteiger charge is 2.39. The minimum absolute atomic E-state index is 0.0161. The molecule has 0 radical (unpaired) electrons. The van der Waals surface area contributed by atoms with Gasteiger partial charge in [0.05, 0.1) is 15.6 Å². The molecule has 2 atom stereocenters. The lowest BCUT2D eigenvalue weighted by atomic mass is 9.84. The first-order valence-corrected chi connectivity index (χ1v) is 15.0. The van der Waals surface area contributed by atoms with E-state index in [9.17, 15) is 14.3 Å². The van der Waals surface area contributed by atoms with Gasteiger partial charge in [0, 0.05) is 44.2 Å². The van der Waals surface area contributed by atoms with Gasteiger partial charge in [-0.05, 0) is 96.3 Å². The Balaban J connectivity index is 1.17. The van der Waals surface area contributed by atoms with Crippen LogP contribution < -0.4 is 0 Å². The van der Waals surface area contributed by atoms with E-state index in [1.165, 1.54) is 11.6 Å². The van der Waals surface area contributed by atoms with E-state index in [-0.39, 0.29) is 17.6 Å². The second-order valence-electron chi connectivity index (χ2n) is 10.8. The number of rotatable bonds is 8. The van der Waals surface area contributed by atoms with Gasteiger partial charge in [-0.1, -0.05) is 35.3 Å². The van der Waals surface area contributed by atoms with Crippen molar-refractivity contribution in [2.75, 3.05) is 32.7 Å². The van der Waals surface area contributed by atoms with Crippen molar-refractivity contribution in [2.45, 2.75) is 43.6 Å². The molecule has 0 bridgehead atoms. The van der Waals surface area contributed by atoms with E-state index >= 15 is 0 Å². The number of hydrogen-bond donors (Lipinski definition) is 1. The molecular weight excluding hydrogens is 542 g/mol. The molecule has 0 aliphatic carbocycles. The van der Waals surface area contributed by atoms with Crippen molar-refractivity contribution >= 4 is 40.4 Å². The van der Waals surface area contributed by atoms with Crippen LogP contribution in [-0.4, -0.2) is 59.1 Å². The number of amides is 1. The predicted molar refractivity (Wildman–Crippen MR) is 153 cm³/mol. The molecule has 38 heavy (non-hydrogen) atoms. The molecule has 1 N–H and O–H groups in total. The summed E-state index contributed by atoms with van der Waals surface area (Å²) in [5, 5.41) is 16.3. The van der Waals surface area contributed by atoms with E-state index in [0.29, 0.717) is 34.6 Å². The molecule has 2 aliphatic heterocycles.